The first-order valence-corrected chi connectivity index (χ1v) is 11.4. The van der Waals surface area contributed by atoms with E-state index in [1.54, 1.807) is 0 Å². The summed E-state index contributed by atoms with van der Waals surface area (Å²) >= 11 is 0. The van der Waals surface area contributed by atoms with Gasteiger partial charge in [0.05, 0.1) is 29.7 Å². The molecule has 0 fully saturated rings. The highest BCUT2D eigenvalue weighted by Gasteiger charge is 2.22. The molecule has 32 heavy (non-hydrogen) atoms. The summed E-state index contributed by atoms with van der Waals surface area (Å²) in [5, 5.41) is 6.14. The zero-order valence-corrected chi connectivity index (χ0v) is 20.4. The van der Waals surface area contributed by atoms with Crippen LogP contribution in [0.4, 0.5) is 0 Å². The number of benzene rings is 1. The summed E-state index contributed by atoms with van der Waals surface area (Å²) < 4.78 is 10.2. The Labute approximate surface area is 190 Å². The van der Waals surface area contributed by atoms with Gasteiger partial charge in [0.25, 0.3) is 0 Å². The number of hydrogen-bond acceptors (Lipinski definition) is 3. The largest absolute Gasteiger partial charge is 0.377 e. The van der Waals surface area contributed by atoms with Gasteiger partial charge in [-0.3, -0.25) is 0 Å². The molecular formula is C27H34N4O. The minimum Gasteiger partial charge on any atom is -0.377 e. The Balaban J connectivity index is 2.02. The maximum atomic E-state index is 5.89. The highest BCUT2D eigenvalue weighted by molar-refractivity contribution is 5.90. The highest BCUT2D eigenvalue weighted by atomic mass is 16.5. The molecule has 0 spiro atoms. The maximum Gasteiger partial charge on any atom is 0.165 e. The van der Waals surface area contributed by atoms with Gasteiger partial charge >= 0.3 is 0 Å². The molecule has 0 bridgehead atoms. The molecule has 0 saturated heterocycles. The molecule has 0 N–H and O–H groups in total. The first kappa shape index (κ1) is 22.3. The Morgan fingerprint density at radius 2 is 1.69 bits per heavy atom. The fraction of sp³-hybridized carbons (Fsp3) is 0.407. The van der Waals surface area contributed by atoms with Crippen molar-refractivity contribution in [2.75, 3.05) is 6.61 Å². The van der Waals surface area contributed by atoms with Crippen molar-refractivity contribution in [3.05, 3.63) is 64.6 Å². The number of allylic oxidation sites excluding steroid dienone is 1. The lowest BCUT2D eigenvalue weighted by Crippen LogP contribution is -2.14. The smallest absolute Gasteiger partial charge is 0.165 e. The van der Waals surface area contributed by atoms with E-state index < -0.39 is 0 Å². The van der Waals surface area contributed by atoms with Crippen molar-refractivity contribution in [2.45, 2.75) is 67.5 Å². The quantitative estimate of drug-likeness (QED) is 0.335. The van der Waals surface area contributed by atoms with Crippen molar-refractivity contribution in [2.24, 2.45) is 0 Å². The predicted molar refractivity (Wildman–Crippen MR) is 133 cm³/mol. The number of hydrogen-bond donors (Lipinski definition) is 0. The van der Waals surface area contributed by atoms with Crippen LogP contribution in [-0.2, 0) is 17.7 Å². The molecule has 0 atom stereocenters. The summed E-state index contributed by atoms with van der Waals surface area (Å²) in [5.74, 6) is 0. The van der Waals surface area contributed by atoms with Gasteiger partial charge in [-0.15, -0.1) is 6.58 Å². The van der Waals surface area contributed by atoms with Crippen molar-refractivity contribution in [1.82, 2.24) is 19.2 Å². The predicted octanol–water partition coefficient (Wildman–Crippen LogP) is 6.05. The van der Waals surface area contributed by atoms with E-state index in [2.05, 4.69) is 77.8 Å². The second kappa shape index (κ2) is 8.55. The Morgan fingerprint density at radius 3 is 2.31 bits per heavy atom. The van der Waals surface area contributed by atoms with Gasteiger partial charge in [0.15, 0.2) is 5.65 Å². The minimum absolute atomic E-state index is 0.203. The molecule has 0 unspecified atom stereocenters. The number of aryl methyl sites for hydroxylation is 5. The van der Waals surface area contributed by atoms with Crippen molar-refractivity contribution >= 4 is 16.7 Å². The molecule has 168 valence electrons. The summed E-state index contributed by atoms with van der Waals surface area (Å²) in [6.07, 6.45) is 2.95. The summed E-state index contributed by atoms with van der Waals surface area (Å²) in [6, 6.07) is 6.71. The topological polar surface area (TPSA) is 44.4 Å². The average molecular weight is 431 g/mol. The van der Waals surface area contributed by atoms with E-state index in [1.807, 2.05) is 10.6 Å². The molecule has 3 aromatic heterocycles. The van der Waals surface area contributed by atoms with Gasteiger partial charge in [0.2, 0.25) is 0 Å². The van der Waals surface area contributed by atoms with Crippen molar-refractivity contribution < 1.29 is 4.74 Å². The van der Waals surface area contributed by atoms with Gasteiger partial charge in [0, 0.05) is 24.0 Å². The van der Waals surface area contributed by atoms with Crippen LogP contribution >= 0.6 is 0 Å². The van der Waals surface area contributed by atoms with Crippen LogP contribution in [0.25, 0.3) is 27.8 Å². The molecule has 5 heteroatoms. The second-order valence-corrected chi connectivity index (χ2v) is 9.10. The third kappa shape index (κ3) is 3.75. The first-order chi connectivity index (χ1) is 15.2. The number of fused-ring (bicyclic) bond motifs is 3. The second-order valence-electron chi connectivity index (χ2n) is 9.10. The van der Waals surface area contributed by atoms with Gasteiger partial charge in [-0.1, -0.05) is 23.8 Å². The SMILES string of the molecule is C=CCc1cc2c(C)nc3c(-c4c(C)cc(C)cc4C)c(C)nn3c2n1CCOC(C)C. The average Bonchev–Trinajstić information content (AvgIpc) is 3.20. The van der Waals surface area contributed by atoms with Gasteiger partial charge in [-0.05, 0) is 71.2 Å². The lowest BCUT2D eigenvalue weighted by atomic mass is 9.94. The monoisotopic (exact) mass is 430 g/mol. The fourth-order valence-electron chi connectivity index (χ4n) is 4.88. The van der Waals surface area contributed by atoms with Crippen molar-refractivity contribution in [1.29, 1.82) is 0 Å². The Kier molecular flexibility index (Phi) is 5.95. The van der Waals surface area contributed by atoms with Gasteiger partial charge in [0.1, 0.15) is 5.65 Å². The number of ether oxygens (including phenoxy) is 1. The molecule has 0 amide bonds. The number of nitrogens with zero attached hydrogens (tertiary/aromatic N) is 4. The van der Waals surface area contributed by atoms with Crippen LogP contribution < -0.4 is 0 Å². The fourth-order valence-corrected chi connectivity index (χ4v) is 4.88. The lowest BCUT2D eigenvalue weighted by molar-refractivity contribution is 0.0729. The van der Waals surface area contributed by atoms with E-state index >= 15 is 0 Å². The standard InChI is InChI=1S/C27H34N4O/c1-9-10-22-15-23-20(7)28-26-25(24-18(5)13-17(4)14-19(24)6)21(8)29-31(26)27(23)30(22)11-12-32-16(2)3/h9,13-16H,1,10-12H2,2-8H3. The van der Waals surface area contributed by atoms with Gasteiger partial charge in [-0.25, -0.2) is 4.98 Å². The van der Waals surface area contributed by atoms with E-state index in [0.29, 0.717) is 6.61 Å². The maximum absolute atomic E-state index is 5.89. The van der Waals surface area contributed by atoms with Crippen LogP contribution in [0.1, 0.15) is 47.6 Å². The van der Waals surface area contributed by atoms with Crippen LogP contribution in [0.3, 0.4) is 0 Å². The Morgan fingerprint density at radius 1 is 1.00 bits per heavy atom. The molecule has 1 aromatic carbocycles. The summed E-state index contributed by atoms with van der Waals surface area (Å²) in [5.41, 5.74) is 11.4. The molecule has 0 aliphatic carbocycles. The Hall–Kier alpha value is -2.92. The van der Waals surface area contributed by atoms with Crippen LogP contribution in [0.15, 0.2) is 30.9 Å². The molecule has 0 aliphatic heterocycles. The third-order valence-electron chi connectivity index (χ3n) is 6.10. The Bertz CT molecular complexity index is 1300. The van der Waals surface area contributed by atoms with Gasteiger partial charge < -0.3 is 9.30 Å². The summed E-state index contributed by atoms with van der Waals surface area (Å²) in [4.78, 5) is 5.06. The van der Waals surface area contributed by atoms with Crippen LogP contribution in [0, 0.1) is 34.6 Å². The van der Waals surface area contributed by atoms with Crippen LogP contribution in [0.2, 0.25) is 0 Å². The normalized spacial score (nSPS) is 11.9. The molecule has 4 aromatic rings. The molecule has 0 radical (unpaired) electrons. The molecule has 3 heterocycles. The molecule has 0 aliphatic rings. The molecule has 0 saturated carbocycles. The van der Waals surface area contributed by atoms with Crippen molar-refractivity contribution in [3.63, 3.8) is 0 Å². The van der Waals surface area contributed by atoms with E-state index in [0.717, 1.165) is 46.6 Å². The minimum atomic E-state index is 0.203. The van der Waals surface area contributed by atoms with Gasteiger partial charge in [-0.2, -0.15) is 9.61 Å². The van der Waals surface area contributed by atoms with Crippen molar-refractivity contribution in [3.8, 4) is 11.1 Å². The van der Waals surface area contributed by atoms with E-state index in [9.17, 15) is 0 Å². The van der Waals surface area contributed by atoms with E-state index in [-0.39, 0.29) is 6.10 Å². The van der Waals surface area contributed by atoms with Crippen LogP contribution in [0.5, 0.6) is 0 Å². The van der Waals surface area contributed by atoms with E-state index in [1.165, 1.54) is 27.9 Å². The van der Waals surface area contributed by atoms with Crippen LogP contribution in [-0.4, -0.2) is 31.9 Å². The molecular weight excluding hydrogens is 396 g/mol. The van der Waals surface area contributed by atoms with E-state index in [4.69, 9.17) is 14.8 Å². The molecule has 4 rings (SSSR count). The highest BCUT2D eigenvalue weighted by Crippen LogP contribution is 2.35. The third-order valence-corrected chi connectivity index (χ3v) is 6.10. The zero-order chi connectivity index (χ0) is 23.2. The zero-order valence-electron chi connectivity index (χ0n) is 20.4. The summed E-state index contributed by atoms with van der Waals surface area (Å²) in [7, 11) is 0. The molecule has 5 nitrogen and oxygen atoms in total. The summed E-state index contributed by atoms with van der Waals surface area (Å²) in [6.45, 7) is 20.2. The first-order valence-electron chi connectivity index (χ1n) is 11.4. The number of aromatic nitrogens is 4. The lowest BCUT2D eigenvalue weighted by Gasteiger charge is -2.13. The number of rotatable bonds is 7.